The van der Waals surface area contributed by atoms with E-state index in [1.165, 1.54) is 7.11 Å². The van der Waals surface area contributed by atoms with Crippen molar-refractivity contribution in [2.24, 2.45) is 4.99 Å². The summed E-state index contributed by atoms with van der Waals surface area (Å²) in [6.45, 7) is 4.03. The molecule has 2 amide bonds. The number of nitrogens with one attached hydrogen (secondary N) is 2. The number of aromatic hydroxyl groups is 1. The zero-order chi connectivity index (χ0) is 29.8. The summed E-state index contributed by atoms with van der Waals surface area (Å²) in [5, 5.41) is 14.9. The van der Waals surface area contributed by atoms with E-state index in [-0.39, 0.29) is 11.8 Å². The number of hydrogen-bond acceptors (Lipinski definition) is 7. The van der Waals surface area contributed by atoms with Crippen LogP contribution < -0.4 is 10.2 Å². The molecular weight excluding hydrogens is 556 g/mol. The highest BCUT2D eigenvalue weighted by Crippen LogP contribution is 2.33. The number of amides is 2. The molecule has 3 N–H and O–H groups in total. The third kappa shape index (κ3) is 6.57. The topological polar surface area (TPSA) is 114 Å². The second kappa shape index (κ2) is 12.6. The van der Waals surface area contributed by atoms with E-state index in [0.717, 1.165) is 37.3 Å². The van der Waals surface area contributed by atoms with Crippen molar-refractivity contribution in [1.82, 2.24) is 14.8 Å². The lowest BCUT2D eigenvalue weighted by Gasteiger charge is -2.32. The minimum Gasteiger partial charge on any atom is -0.494 e. The first-order chi connectivity index (χ1) is 20.2. The minimum absolute atomic E-state index is 0.0273. The van der Waals surface area contributed by atoms with Gasteiger partial charge in [-0.05, 0) is 55.6 Å². The molecule has 1 saturated heterocycles. The molecule has 0 aliphatic carbocycles. The Morgan fingerprint density at radius 1 is 1.05 bits per heavy atom. The standard InChI is InChI=1S/C31H33ClN6O4/c1-36-14-16-38(17-15-36)19-27(39)37(2)24-11-9-22(10-12-24)33-29(20-4-7-23(8-5-20)34-31(41)42-3)28-25-13-6-21(32)18-26(25)35-30(28)40/h4-13,18,35,40H,14-17,19H2,1-3H3,(H,34,41). The maximum absolute atomic E-state index is 13.0. The van der Waals surface area contributed by atoms with Gasteiger partial charge in [-0.25, -0.2) is 9.79 Å². The smallest absolute Gasteiger partial charge is 0.411 e. The molecule has 0 spiro atoms. The summed E-state index contributed by atoms with van der Waals surface area (Å²) in [7, 11) is 5.17. The number of nitrogens with zero attached hydrogens (tertiary/aromatic N) is 4. The number of hydrogen-bond donors (Lipinski definition) is 3. The van der Waals surface area contributed by atoms with Crippen LogP contribution in [0.3, 0.4) is 0 Å². The largest absolute Gasteiger partial charge is 0.494 e. The number of aliphatic imine (C=N–C) groups is 1. The Morgan fingerprint density at radius 3 is 2.40 bits per heavy atom. The number of ether oxygens (including phenoxy) is 1. The number of methoxy groups -OCH3 is 1. The quantitative estimate of drug-likeness (QED) is 0.259. The van der Waals surface area contributed by atoms with Gasteiger partial charge in [-0.3, -0.25) is 15.0 Å². The van der Waals surface area contributed by atoms with Crippen LogP contribution >= 0.6 is 11.6 Å². The SMILES string of the molecule is COC(=O)Nc1ccc(C(=Nc2ccc(N(C)C(=O)CN3CCN(C)CC3)cc2)c2c(O)[nH]c3cc(Cl)ccc23)cc1. The molecule has 4 aromatic rings. The third-order valence-electron chi connectivity index (χ3n) is 7.37. The molecule has 2 heterocycles. The Labute approximate surface area is 249 Å². The number of aromatic nitrogens is 1. The molecule has 0 unspecified atom stereocenters. The van der Waals surface area contributed by atoms with Crippen molar-refractivity contribution in [2.75, 3.05) is 64.1 Å². The minimum atomic E-state index is -0.574. The van der Waals surface area contributed by atoms with E-state index < -0.39 is 6.09 Å². The highest BCUT2D eigenvalue weighted by Gasteiger charge is 2.21. The molecule has 1 aliphatic rings. The Balaban J connectivity index is 1.45. The molecule has 3 aromatic carbocycles. The van der Waals surface area contributed by atoms with E-state index >= 15 is 0 Å². The monoisotopic (exact) mass is 588 g/mol. The normalized spacial score (nSPS) is 14.6. The molecule has 0 atom stereocenters. The molecule has 218 valence electrons. The number of H-pyrrole nitrogens is 1. The first kappa shape index (κ1) is 29.1. The molecule has 10 nitrogen and oxygen atoms in total. The lowest BCUT2D eigenvalue weighted by atomic mass is 10.0. The number of likely N-dealkylation sites (N-methyl/N-ethyl adjacent to an activating group) is 2. The fourth-order valence-corrected chi connectivity index (χ4v) is 5.04. The van der Waals surface area contributed by atoms with Crippen molar-refractivity contribution in [3.8, 4) is 5.88 Å². The summed E-state index contributed by atoms with van der Waals surface area (Å²) in [6.07, 6.45) is -0.574. The highest BCUT2D eigenvalue weighted by atomic mass is 35.5. The third-order valence-corrected chi connectivity index (χ3v) is 7.61. The molecule has 42 heavy (non-hydrogen) atoms. The first-order valence-electron chi connectivity index (χ1n) is 13.5. The Kier molecular flexibility index (Phi) is 8.77. The fraction of sp³-hybridized carbons (Fsp3) is 0.258. The number of benzene rings is 3. The number of piperazine rings is 1. The second-order valence-electron chi connectivity index (χ2n) is 10.2. The number of halogens is 1. The van der Waals surface area contributed by atoms with Gasteiger partial charge in [0.05, 0.1) is 36.1 Å². The zero-order valence-electron chi connectivity index (χ0n) is 23.7. The van der Waals surface area contributed by atoms with Crippen molar-refractivity contribution >= 4 is 57.3 Å². The molecule has 0 radical (unpaired) electrons. The van der Waals surface area contributed by atoms with Crippen LogP contribution in [0.15, 0.2) is 71.7 Å². The van der Waals surface area contributed by atoms with E-state index in [2.05, 4.69) is 31.9 Å². The van der Waals surface area contributed by atoms with Gasteiger partial charge in [0.2, 0.25) is 5.91 Å². The van der Waals surface area contributed by atoms with Crippen molar-refractivity contribution < 1.29 is 19.4 Å². The van der Waals surface area contributed by atoms with Crippen LogP contribution in [0.4, 0.5) is 21.9 Å². The average molecular weight is 589 g/mol. The van der Waals surface area contributed by atoms with E-state index in [0.29, 0.717) is 45.3 Å². The number of anilines is 2. The Hall–Kier alpha value is -4.38. The fourth-order valence-electron chi connectivity index (χ4n) is 4.87. The van der Waals surface area contributed by atoms with E-state index in [4.69, 9.17) is 16.6 Å². The summed E-state index contributed by atoms with van der Waals surface area (Å²) in [5.41, 5.74) is 4.35. The molecule has 11 heteroatoms. The van der Waals surface area contributed by atoms with Crippen LogP contribution in [-0.4, -0.2) is 91.5 Å². The van der Waals surface area contributed by atoms with Gasteiger partial charge in [0.1, 0.15) is 0 Å². The molecule has 1 aromatic heterocycles. The van der Waals surface area contributed by atoms with Crippen LogP contribution in [0.25, 0.3) is 10.9 Å². The van der Waals surface area contributed by atoms with Crippen LogP contribution in [0, 0.1) is 0 Å². The predicted octanol–water partition coefficient (Wildman–Crippen LogP) is 5.08. The lowest BCUT2D eigenvalue weighted by molar-refractivity contribution is -0.119. The number of carbonyl (C=O) groups is 2. The summed E-state index contributed by atoms with van der Waals surface area (Å²) in [4.78, 5) is 38.6. The molecule has 5 rings (SSSR count). The van der Waals surface area contributed by atoms with Gasteiger partial charge < -0.3 is 24.6 Å². The maximum Gasteiger partial charge on any atom is 0.411 e. The van der Waals surface area contributed by atoms with Gasteiger partial charge in [0.15, 0.2) is 5.88 Å². The molecule has 1 fully saturated rings. The van der Waals surface area contributed by atoms with Gasteiger partial charge in [-0.2, -0.15) is 0 Å². The van der Waals surface area contributed by atoms with E-state index in [1.54, 1.807) is 48.3 Å². The van der Waals surface area contributed by atoms with Crippen molar-refractivity contribution in [3.63, 3.8) is 0 Å². The first-order valence-corrected chi connectivity index (χ1v) is 13.9. The summed E-state index contributed by atoms with van der Waals surface area (Å²) in [6, 6.07) is 19.8. The Morgan fingerprint density at radius 2 is 1.74 bits per heavy atom. The van der Waals surface area contributed by atoms with Crippen LogP contribution in [-0.2, 0) is 9.53 Å². The van der Waals surface area contributed by atoms with Crippen LogP contribution in [0.2, 0.25) is 5.02 Å². The Bertz CT molecular complexity index is 1610. The van der Waals surface area contributed by atoms with E-state index in [1.807, 2.05) is 30.3 Å². The van der Waals surface area contributed by atoms with Crippen molar-refractivity contribution in [1.29, 1.82) is 0 Å². The van der Waals surface area contributed by atoms with E-state index in [9.17, 15) is 14.7 Å². The van der Waals surface area contributed by atoms with Gasteiger partial charge in [-0.15, -0.1) is 0 Å². The predicted molar refractivity (Wildman–Crippen MR) is 167 cm³/mol. The summed E-state index contributed by atoms with van der Waals surface area (Å²) in [5.74, 6) is -0.0202. The molecule has 1 aliphatic heterocycles. The molecular formula is C31H33ClN6O4. The lowest BCUT2D eigenvalue weighted by Crippen LogP contribution is -2.48. The second-order valence-corrected chi connectivity index (χ2v) is 10.7. The van der Waals surface area contributed by atoms with Crippen LogP contribution in [0.1, 0.15) is 11.1 Å². The maximum atomic E-state index is 13.0. The zero-order valence-corrected chi connectivity index (χ0v) is 24.5. The van der Waals surface area contributed by atoms with Crippen molar-refractivity contribution in [3.05, 3.63) is 82.9 Å². The average Bonchev–Trinajstić information content (AvgIpc) is 3.31. The van der Waals surface area contributed by atoms with Gasteiger partial charge in [0.25, 0.3) is 0 Å². The number of carbonyl (C=O) groups excluding carboxylic acids is 2. The highest BCUT2D eigenvalue weighted by molar-refractivity contribution is 6.31. The number of aromatic amines is 1. The van der Waals surface area contributed by atoms with Crippen molar-refractivity contribution in [2.45, 2.75) is 0 Å². The van der Waals surface area contributed by atoms with Gasteiger partial charge in [-0.1, -0.05) is 29.8 Å². The number of rotatable bonds is 7. The molecule has 0 bridgehead atoms. The summed E-state index contributed by atoms with van der Waals surface area (Å²) >= 11 is 6.19. The van der Waals surface area contributed by atoms with Gasteiger partial charge >= 0.3 is 6.09 Å². The summed E-state index contributed by atoms with van der Waals surface area (Å²) < 4.78 is 4.68. The number of fused-ring (bicyclic) bond motifs is 1. The molecule has 0 saturated carbocycles. The van der Waals surface area contributed by atoms with Gasteiger partial charge in [0, 0.05) is 60.6 Å². The van der Waals surface area contributed by atoms with Crippen LogP contribution in [0.5, 0.6) is 5.88 Å².